The lowest BCUT2D eigenvalue weighted by Crippen LogP contribution is -2.38. The summed E-state index contributed by atoms with van der Waals surface area (Å²) in [6, 6.07) is 6.08. The van der Waals surface area contributed by atoms with Gasteiger partial charge in [0.1, 0.15) is 5.75 Å². The van der Waals surface area contributed by atoms with Gasteiger partial charge in [0.15, 0.2) is 5.65 Å². The molecule has 1 aliphatic rings. The maximum atomic E-state index is 5.42. The number of morpholine rings is 1. The summed E-state index contributed by atoms with van der Waals surface area (Å²) in [6.07, 6.45) is 9.67. The predicted molar refractivity (Wildman–Crippen MR) is 118 cm³/mol. The van der Waals surface area contributed by atoms with Crippen molar-refractivity contribution in [2.75, 3.05) is 40.0 Å². The zero-order valence-electron chi connectivity index (χ0n) is 17.9. The Morgan fingerprint density at radius 3 is 2.71 bits per heavy atom. The molecule has 0 radical (unpaired) electrons. The molecule has 5 rings (SSSR count). The molecule has 1 fully saturated rings. The summed E-state index contributed by atoms with van der Waals surface area (Å²) in [4.78, 5) is 11.6. The van der Waals surface area contributed by atoms with E-state index < -0.39 is 0 Å². The van der Waals surface area contributed by atoms with E-state index in [0.29, 0.717) is 0 Å². The van der Waals surface area contributed by atoms with Crippen molar-refractivity contribution in [3.63, 3.8) is 0 Å². The fourth-order valence-corrected chi connectivity index (χ4v) is 3.97. The van der Waals surface area contributed by atoms with Gasteiger partial charge in [-0.3, -0.25) is 19.0 Å². The summed E-state index contributed by atoms with van der Waals surface area (Å²) in [7, 11) is 1.68. The van der Waals surface area contributed by atoms with Crippen LogP contribution in [0.25, 0.3) is 28.2 Å². The molecule has 3 aromatic heterocycles. The molecule has 4 heterocycles. The normalized spacial score (nSPS) is 14.9. The SMILES string of the molecule is COc1ccc(-c2cnc3cnc(-c4cnn(CCN5CCOCC5)c4)cn23)c(C)c1. The molecule has 0 aliphatic carbocycles. The molecule has 31 heavy (non-hydrogen) atoms. The van der Waals surface area contributed by atoms with Gasteiger partial charge in [-0.25, -0.2) is 4.98 Å². The average molecular weight is 419 g/mol. The third-order valence-electron chi connectivity index (χ3n) is 5.78. The fraction of sp³-hybridized carbons (Fsp3) is 0.348. The first-order valence-electron chi connectivity index (χ1n) is 10.5. The number of hydrogen-bond acceptors (Lipinski definition) is 6. The van der Waals surface area contributed by atoms with Crippen LogP contribution >= 0.6 is 0 Å². The molecule has 0 saturated carbocycles. The van der Waals surface area contributed by atoms with Crippen LogP contribution in [0.1, 0.15) is 5.56 Å². The second-order valence-corrected chi connectivity index (χ2v) is 7.77. The Labute approximate surface area is 181 Å². The second kappa shape index (κ2) is 8.49. The number of methoxy groups -OCH3 is 1. The van der Waals surface area contributed by atoms with Gasteiger partial charge in [0.2, 0.25) is 0 Å². The molecule has 0 amide bonds. The molecular formula is C23H26N6O2. The van der Waals surface area contributed by atoms with Gasteiger partial charge in [-0.15, -0.1) is 0 Å². The van der Waals surface area contributed by atoms with Crippen LogP contribution in [0.4, 0.5) is 0 Å². The molecule has 4 aromatic rings. The molecule has 8 nitrogen and oxygen atoms in total. The maximum absolute atomic E-state index is 5.42. The van der Waals surface area contributed by atoms with Crippen molar-refractivity contribution in [1.29, 1.82) is 0 Å². The molecule has 1 aliphatic heterocycles. The van der Waals surface area contributed by atoms with Crippen molar-refractivity contribution in [1.82, 2.24) is 29.0 Å². The molecule has 8 heteroatoms. The quantitative estimate of drug-likeness (QED) is 0.480. The minimum Gasteiger partial charge on any atom is -0.497 e. The van der Waals surface area contributed by atoms with E-state index in [1.54, 1.807) is 7.11 Å². The monoisotopic (exact) mass is 418 g/mol. The number of nitrogens with zero attached hydrogens (tertiary/aromatic N) is 6. The van der Waals surface area contributed by atoms with Crippen LogP contribution in [0.5, 0.6) is 5.75 Å². The first kappa shape index (κ1) is 19.7. The van der Waals surface area contributed by atoms with E-state index in [0.717, 1.165) is 78.9 Å². The molecule has 0 N–H and O–H groups in total. The minimum atomic E-state index is 0.814. The van der Waals surface area contributed by atoms with E-state index in [2.05, 4.69) is 43.6 Å². The summed E-state index contributed by atoms with van der Waals surface area (Å²) >= 11 is 0. The number of aromatic nitrogens is 5. The highest BCUT2D eigenvalue weighted by Gasteiger charge is 2.13. The predicted octanol–water partition coefficient (Wildman–Crippen LogP) is 2.91. The van der Waals surface area contributed by atoms with Crippen LogP contribution in [0, 0.1) is 6.92 Å². The number of imidazole rings is 1. The molecule has 1 aromatic carbocycles. The molecule has 0 bridgehead atoms. The Hall–Kier alpha value is -3.23. The summed E-state index contributed by atoms with van der Waals surface area (Å²) in [6.45, 7) is 7.51. The van der Waals surface area contributed by atoms with Crippen molar-refractivity contribution in [2.45, 2.75) is 13.5 Å². The number of benzene rings is 1. The van der Waals surface area contributed by atoms with Crippen LogP contribution in [0.15, 0.2) is 49.2 Å². The van der Waals surface area contributed by atoms with E-state index in [1.165, 1.54) is 0 Å². The Balaban J connectivity index is 1.40. The summed E-state index contributed by atoms with van der Waals surface area (Å²) in [5.41, 5.74) is 5.96. The van der Waals surface area contributed by atoms with Crippen LogP contribution in [-0.2, 0) is 11.3 Å². The van der Waals surface area contributed by atoms with Gasteiger partial charge in [-0.1, -0.05) is 0 Å². The Kier molecular flexibility index (Phi) is 5.40. The Morgan fingerprint density at radius 1 is 1.03 bits per heavy atom. The highest BCUT2D eigenvalue weighted by Crippen LogP contribution is 2.28. The third-order valence-corrected chi connectivity index (χ3v) is 5.78. The van der Waals surface area contributed by atoms with Crippen molar-refractivity contribution < 1.29 is 9.47 Å². The molecule has 160 valence electrons. The van der Waals surface area contributed by atoms with Crippen molar-refractivity contribution in [3.05, 3.63) is 54.7 Å². The smallest absolute Gasteiger partial charge is 0.155 e. The first-order chi connectivity index (χ1) is 15.2. The number of aryl methyl sites for hydroxylation is 1. The lowest BCUT2D eigenvalue weighted by Gasteiger charge is -2.26. The molecule has 0 unspecified atom stereocenters. The summed E-state index contributed by atoms with van der Waals surface area (Å²) in [5, 5.41) is 4.54. The van der Waals surface area contributed by atoms with Gasteiger partial charge in [0.25, 0.3) is 0 Å². The fourth-order valence-electron chi connectivity index (χ4n) is 3.97. The van der Waals surface area contributed by atoms with E-state index in [4.69, 9.17) is 9.47 Å². The minimum absolute atomic E-state index is 0.814. The van der Waals surface area contributed by atoms with Gasteiger partial charge < -0.3 is 9.47 Å². The van der Waals surface area contributed by atoms with Crippen molar-refractivity contribution in [2.24, 2.45) is 0 Å². The zero-order valence-corrected chi connectivity index (χ0v) is 17.9. The number of ether oxygens (including phenoxy) is 2. The topological polar surface area (TPSA) is 69.7 Å². The highest BCUT2D eigenvalue weighted by atomic mass is 16.5. The number of hydrogen-bond donors (Lipinski definition) is 0. The Bertz CT molecular complexity index is 1190. The standard InChI is InChI=1S/C23H26N6O2/c1-17-11-19(30-2)3-4-20(17)22-13-25-23-14-24-21(16-29(22)23)18-12-26-28(15-18)6-5-27-7-9-31-10-8-27/h3-4,11-16H,5-10H2,1-2H3. The van der Waals surface area contributed by atoms with E-state index in [9.17, 15) is 0 Å². The first-order valence-corrected chi connectivity index (χ1v) is 10.5. The third kappa shape index (κ3) is 4.04. The average Bonchev–Trinajstić information content (AvgIpc) is 3.45. The van der Waals surface area contributed by atoms with Crippen LogP contribution in [-0.4, -0.2) is 69.0 Å². The molecule has 0 spiro atoms. The second-order valence-electron chi connectivity index (χ2n) is 7.77. The van der Waals surface area contributed by atoms with Crippen molar-refractivity contribution in [3.8, 4) is 28.3 Å². The summed E-state index contributed by atoms with van der Waals surface area (Å²) in [5.74, 6) is 0.849. The molecular weight excluding hydrogens is 392 g/mol. The largest absolute Gasteiger partial charge is 0.497 e. The summed E-state index contributed by atoms with van der Waals surface area (Å²) < 4.78 is 14.8. The lowest BCUT2D eigenvalue weighted by molar-refractivity contribution is 0.0360. The highest BCUT2D eigenvalue weighted by molar-refractivity contribution is 5.69. The zero-order chi connectivity index (χ0) is 21.2. The van der Waals surface area contributed by atoms with E-state index >= 15 is 0 Å². The van der Waals surface area contributed by atoms with Gasteiger partial charge in [-0.2, -0.15) is 5.10 Å². The maximum Gasteiger partial charge on any atom is 0.155 e. The Morgan fingerprint density at radius 2 is 1.90 bits per heavy atom. The number of fused-ring (bicyclic) bond motifs is 1. The van der Waals surface area contributed by atoms with Gasteiger partial charge >= 0.3 is 0 Å². The van der Waals surface area contributed by atoms with Crippen molar-refractivity contribution >= 4 is 5.65 Å². The van der Waals surface area contributed by atoms with Gasteiger partial charge in [0.05, 0.1) is 56.8 Å². The molecule has 1 saturated heterocycles. The van der Waals surface area contributed by atoms with E-state index in [-0.39, 0.29) is 0 Å². The van der Waals surface area contributed by atoms with E-state index in [1.807, 2.05) is 41.6 Å². The number of rotatable bonds is 6. The van der Waals surface area contributed by atoms with Gasteiger partial charge in [0, 0.05) is 43.2 Å². The van der Waals surface area contributed by atoms with Crippen LogP contribution < -0.4 is 4.74 Å². The van der Waals surface area contributed by atoms with Gasteiger partial charge in [-0.05, 0) is 30.7 Å². The van der Waals surface area contributed by atoms with Crippen LogP contribution in [0.3, 0.4) is 0 Å². The van der Waals surface area contributed by atoms with Crippen LogP contribution in [0.2, 0.25) is 0 Å². The lowest BCUT2D eigenvalue weighted by atomic mass is 10.1. The molecule has 0 atom stereocenters.